The van der Waals surface area contributed by atoms with Gasteiger partial charge in [-0.25, -0.2) is 4.79 Å². The van der Waals surface area contributed by atoms with Crippen LogP contribution in [0.2, 0.25) is 0 Å². The molecular formula is C10H6F5IO2. The molecule has 1 aromatic carbocycles. The van der Waals surface area contributed by atoms with Crippen LogP contribution in [0.15, 0.2) is 24.3 Å². The molecular weight excluding hydrogens is 374 g/mol. The van der Waals surface area contributed by atoms with E-state index in [0.29, 0.717) is 5.56 Å². The lowest BCUT2D eigenvalue weighted by atomic mass is 10.2. The molecule has 1 aromatic rings. The molecule has 0 amide bonds. The highest BCUT2D eigenvalue weighted by Gasteiger charge is 2.64. The number of benzene rings is 1. The van der Waals surface area contributed by atoms with Gasteiger partial charge in [-0.05, 0) is 40.3 Å². The second-order valence-electron chi connectivity index (χ2n) is 3.28. The molecule has 0 bridgehead atoms. The molecule has 0 saturated carbocycles. The quantitative estimate of drug-likeness (QED) is 0.456. The lowest BCUT2D eigenvalue weighted by Crippen LogP contribution is -2.45. The van der Waals surface area contributed by atoms with Crippen molar-refractivity contribution in [3.63, 3.8) is 0 Å². The number of ether oxygens (including phenoxy) is 1. The van der Waals surface area contributed by atoms with Crippen LogP contribution in [0.1, 0.15) is 5.56 Å². The maximum absolute atomic E-state index is 12.5. The van der Waals surface area contributed by atoms with Gasteiger partial charge in [0.2, 0.25) is 0 Å². The van der Waals surface area contributed by atoms with Gasteiger partial charge in [-0.3, -0.25) is 0 Å². The molecule has 18 heavy (non-hydrogen) atoms. The normalized spacial score (nSPS) is 12.3. The molecule has 0 aliphatic heterocycles. The van der Waals surface area contributed by atoms with Crippen LogP contribution in [0.5, 0.6) is 0 Å². The van der Waals surface area contributed by atoms with Crippen molar-refractivity contribution in [2.24, 2.45) is 0 Å². The molecule has 0 saturated heterocycles. The largest absolute Gasteiger partial charge is 0.465 e. The van der Waals surface area contributed by atoms with Crippen molar-refractivity contribution in [2.75, 3.05) is 0 Å². The minimum atomic E-state index is -5.95. The van der Waals surface area contributed by atoms with Crippen LogP contribution in [0, 0.1) is 3.57 Å². The molecule has 0 fully saturated rings. The fourth-order valence-electron chi connectivity index (χ4n) is 0.982. The van der Waals surface area contributed by atoms with Gasteiger partial charge in [-0.2, -0.15) is 22.0 Å². The molecule has 0 unspecified atom stereocenters. The smallest absolute Gasteiger partial charge is 0.456 e. The zero-order chi connectivity index (χ0) is 14.0. The summed E-state index contributed by atoms with van der Waals surface area (Å²) in [6.45, 7) is -0.638. The van der Waals surface area contributed by atoms with E-state index in [9.17, 15) is 26.7 Å². The highest BCUT2D eigenvalue weighted by atomic mass is 127. The number of carbonyl (C=O) groups excluding carboxylic acids is 1. The summed E-state index contributed by atoms with van der Waals surface area (Å²) in [5.74, 6) is -8.09. The Bertz CT molecular complexity index is 444. The van der Waals surface area contributed by atoms with Crippen molar-refractivity contribution >= 4 is 28.6 Å². The van der Waals surface area contributed by atoms with Crippen molar-refractivity contribution in [1.29, 1.82) is 0 Å². The summed E-state index contributed by atoms with van der Waals surface area (Å²) >= 11 is 1.92. The first kappa shape index (κ1) is 15.1. The van der Waals surface area contributed by atoms with E-state index in [1.165, 1.54) is 12.1 Å². The summed E-state index contributed by atoms with van der Waals surface area (Å²) in [6, 6.07) is 6.20. The van der Waals surface area contributed by atoms with Crippen LogP contribution in [-0.4, -0.2) is 18.1 Å². The second-order valence-corrected chi connectivity index (χ2v) is 4.52. The standard InChI is InChI=1S/C10H6F5IO2/c11-9(12,10(13,14)15)8(17)18-5-6-2-1-3-7(16)4-6/h1-4H,5H2. The zero-order valence-corrected chi connectivity index (χ0v) is 10.8. The summed E-state index contributed by atoms with van der Waals surface area (Å²) in [4.78, 5) is 10.7. The Morgan fingerprint density at radius 2 is 1.83 bits per heavy atom. The lowest BCUT2D eigenvalue weighted by molar-refractivity contribution is -0.281. The molecule has 0 N–H and O–H groups in total. The number of alkyl halides is 5. The second kappa shape index (κ2) is 5.37. The Morgan fingerprint density at radius 3 is 2.33 bits per heavy atom. The zero-order valence-electron chi connectivity index (χ0n) is 8.60. The van der Waals surface area contributed by atoms with Crippen LogP contribution < -0.4 is 0 Å². The fraction of sp³-hybridized carbons (Fsp3) is 0.300. The van der Waals surface area contributed by atoms with Gasteiger partial charge in [-0.15, -0.1) is 0 Å². The van der Waals surface area contributed by atoms with Crippen LogP contribution in [0.3, 0.4) is 0 Å². The highest BCUT2D eigenvalue weighted by molar-refractivity contribution is 14.1. The van der Waals surface area contributed by atoms with Crippen LogP contribution in [-0.2, 0) is 16.1 Å². The Kier molecular flexibility index (Phi) is 4.51. The average molecular weight is 380 g/mol. The summed E-state index contributed by atoms with van der Waals surface area (Å²) < 4.78 is 65.2. The van der Waals surface area contributed by atoms with E-state index in [1.807, 2.05) is 22.6 Å². The maximum Gasteiger partial charge on any atom is 0.465 e. The van der Waals surface area contributed by atoms with Gasteiger partial charge in [0, 0.05) is 3.57 Å². The number of rotatable bonds is 3. The van der Waals surface area contributed by atoms with E-state index in [-0.39, 0.29) is 0 Å². The van der Waals surface area contributed by atoms with Crippen LogP contribution in [0.25, 0.3) is 0 Å². The first-order chi connectivity index (χ1) is 8.14. The van der Waals surface area contributed by atoms with E-state index in [4.69, 9.17) is 0 Å². The van der Waals surface area contributed by atoms with Gasteiger partial charge in [0.25, 0.3) is 0 Å². The molecule has 0 aromatic heterocycles. The van der Waals surface area contributed by atoms with E-state index >= 15 is 0 Å². The Morgan fingerprint density at radius 1 is 1.22 bits per heavy atom. The molecule has 0 atom stereocenters. The molecule has 0 aliphatic carbocycles. The van der Waals surface area contributed by atoms with Gasteiger partial charge < -0.3 is 4.74 Å². The van der Waals surface area contributed by atoms with Gasteiger partial charge in [-0.1, -0.05) is 12.1 Å². The predicted molar refractivity (Wildman–Crippen MR) is 60.0 cm³/mol. The van der Waals surface area contributed by atoms with Crippen molar-refractivity contribution in [3.05, 3.63) is 33.4 Å². The predicted octanol–water partition coefficient (Wildman–Crippen LogP) is 3.53. The highest BCUT2D eigenvalue weighted by Crippen LogP contribution is 2.36. The van der Waals surface area contributed by atoms with Gasteiger partial charge in [0.15, 0.2) is 0 Å². The van der Waals surface area contributed by atoms with E-state index in [2.05, 4.69) is 4.74 Å². The maximum atomic E-state index is 12.5. The van der Waals surface area contributed by atoms with E-state index in [0.717, 1.165) is 3.57 Å². The number of hydrogen-bond acceptors (Lipinski definition) is 2. The monoisotopic (exact) mass is 380 g/mol. The third kappa shape index (κ3) is 3.53. The molecule has 0 radical (unpaired) electrons. The van der Waals surface area contributed by atoms with Crippen LogP contribution in [0.4, 0.5) is 22.0 Å². The van der Waals surface area contributed by atoms with Crippen LogP contribution >= 0.6 is 22.6 Å². The third-order valence-electron chi connectivity index (χ3n) is 1.87. The Hall–Kier alpha value is -0.930. The number of esters is 1. The molecule has 8 heteroatoms. The minimum Gasteiger partial charge on any atom is -0.456 e. The van der Waals surface area contributed by atoms with E-state index < -0.39 is 24.7 Å². The Balaban J connectivity index is 2.67. The number of carbonyl (C=O) groups is 1. The first-order valence-electron chi connectivity index (χ1n) is 4.51. The molecule has 2 nitrogen and oxygen atoms in total. The SMILES string of the molecule is O=C(OCc1cccc(I)c1)C(F)(F)C(F)(F)F. The molecule has 0 spiro atoms. The average Bonchev–Trinajstić information content (AvgIpc) is 2.24. The topological polar surface area (TPSA) is 26.3 Å². The van der Waals surface area contributed by atoms with Crippen molar-refractivity contribution in [1.82, 2.24) is 0 Å². The van der Waals surface area contributed by atoms with Crippen molar-refractivity contribution < 1.29 is 31.5 Å². The minimum absolute atomic E-state index is 0.327. The molecule has 1 rings (SSSR count). The Labute approximate surface area is 112 Å². The molecule has 0 heterocycles. The molecule has 100 valence electrons. The summed E-state index contributed by atoms with van der Waals surface area (Å²) in [5, 5.41) is 0. The third-order valence-corrected chi connectivity index (χ3v) is 2.54. The molecule has 0 aliphatic rings. The number of halogens is 6. The summed E-state index contributed by atoms with van der Waals surface area (Å²) in [7, 11) is 0. The summed E-state index contributed by atoms with van der Waals surface area (Å²) in [5.41, 5.74) is 0.327. The van der Waals surface area contributed by atoms with Crippen molar-refractivity contribution in [3.8, 4) is 0 Å². The summed E-state index contributed by atoms with van der Waals surface area (Å²) in [6.07, 6.45) is -5.95. The number of hydrogen-bond donors (Lipinski definition) is 0. The van der Waals surface area contributed by atoms with Gasteiger partial charge >= 0.3 is 18.1 Å². The lowest BCUT2D eigenvalue weighted by Gasteiger charge is -2.17. The van der Waals surface area contributed by atoms with Gasteiger partial charge in [0.05, 0.1) is 0 Å². The van der Waals surface area contributed by atoms with E-state index in [1.54, 1.807) is 12.1 Å². The first-order valence-corrected chi connectivity index (χ1v) is 5.58. The van der Waals surface area contributed by atoms with Gasteiger partial charge in [0.1, 0.15) is 6.61 Å². The van der Waals surface area contributed by atoms with Crippen molar-refractivity contribution in [2.45, 2.75) is 18.7 Å². The fourth-order valence-corrected chi connectivity index (χ4v) is 1.59.